The number of hydrogen-bond donors (Lipinski definition) is 0. The summed E-state index contributed by atoms with van der Waals surface area (Å²) < 4.78 is 8.90. The maximum Gasteiger partial charge on any atom is 0.137 e. The molecule has 0 unspecified atom stereocenters. The van der Waals surface area contributed by atoms with Crippen molar-refractivity contribution < 1.29 is 4.42 Å². The van der Waals surface area contributed by atoms with E-state index in [4.69, 9.17) is 4.42 Å². The van der Waals surface area contributed by atoms with Crippen LogP contribution in [0.25, 0.3) is 82.8 Å². The van der Waals surface area contributed by atoms with Gasteiger partial charge < -0.3 is 13.9 Å². The molecule has 0 amide bonds. The molecule has 12 aromatic rings. The summed E-state index contributed by atoms with van der Waals surface area (Å²) in [5.41, 5.74) is 20.9. The Labute approximate surface area is 370 Å². The van der Waals surface area contributed by atoms with Gasteiger partial charge in [0.1, 0.15) is 11.2 Å². The molecule has 2 heterocycles. The van der Waals surface area contributed by atoms with Crippen LogP contribution in [0.15, 0.2) is 235 Å². The maximum atomic E-state index is 6.53. The summed E-state index contributed by atoms with van der Waals surface area (Å²) in [4.78, 5) is 2.44. The van der Waals surface area contributed by atoms with E-state index in [1.807, 2.05) is 6.07 Å². The number of furan rings is 1. The molecule has 2 aromatic heterocycles. The predicted molar refractivity (Wildman–Crippen MR) is 264 cm³/mol. The predicted octanol–water partition coefficient (Wildman–Crippen LogP) is 16.2. The summed E-state index contributed by atoms with van der Waals surface area (Å²) in [5.74, 6) is 0. The standard InChI is InChI=1S/C61H38N2O/c1-2-15-41(16-3-1)63-55-25-12-7-20-48(55)50-37-40(31-36-56(50)63)39-29-32-42(33-30-39)62(57-26-14-28-59-60(57)49-21-8-13-27-58(49)64-59)43-34-35-47-46-19-6-11-24-53(46)61(54(47)38-43)51-22-9-4-17-44(51)45-18-5-10-23-52(45)61/h1-38H. The van der Waals surface area contributed by atoms with Crippen molar-refractivity contribution in [3.05, 3.63) is 253 Å². The molecule has 0 radical (unpaired) electrons. The smallest absolute Gasteiger partial charge is 0.137 e. The number of nitrogens with zero attached hydrogens (tertiary/aromatic N) is 2. The second kappa shape index (κ2) is 13.3. The van der Waals surface area contributed by atoms with Crippen LogP contribution in [0.4, 0.5) is 17.1 Å². The van der Waals surface area contributed by atoms with Gasteiger partial charge in [-0.3, -0.25) is 0 Å². The number of para-hydroxylation sites is 3. The van der Waals surface area contributed by atoms with Gasteiger partial charge in [0.25, 0.3) is 0 Å². The van der Waals surface area contributed by atoms with Crippen LogP contribution in [0, 0.1) is 0 Å². The lowest BCUT2D eigenvalue weighted by Gasteiger charge is -2.32. The van der Waals surface area contributed by atoms with Crippen LogP contribution in [-0.2, 0) is 5.41 Å². The molecule has 0 aliphatic heterocycles. The number of anilines is 3. The maximum absolute atomic E-state index is 6.53. The van der Waals surface area contributed by atoms with E-state index >= 15 is 0 Å². The topological polar surface area (TPSA) is 21.3 Å². The molecule has 0 N–H and O–H groups in total. The Hall–Kier alpha value is -8.40. The second-order valence-electron chi connectivity index (χ2n) is 17.2. The molecule has 2 aliphatic carbocycles. The second-order valence-corrected chi connectivity index (χ2v) is 17.2. The van der Waals surface area contributed by atoms with Gasteiger partial charge >= 0.3 is 0 Å². The van der Waals surface area contributed by atoms with Crippen LogP contribution >= 0.6 is 0 Å². The van der Waals surface area contributed by atoms with Crippen LogP contribution in [-0.4, -0.2) is 4.57 Å². The van der Waals surface area contributed by atoms with Crippen molar-refractivity contribution in [1.82, 2.24) is 4.57 Å². The van der Waals surface area contributed by atoms with E-state index in [0.29, 0.717) is 0 Å². The van der Waals surface area contributed by atoms with E-state index in [1.54, 1.807) is 0 Å². The lowest BCUT2D eigenvalue weighted by atomic mass is 9.70. The highest BCUT2D eigenvalue weighted by Gasteiger charge is 2.51. The normalized spacial score (nSPS) is 13.1. The zero-order valence-corrected chi connectivity index (χ0v) is 34.7. The fraction of sp³-hybridized carbons (Fsp3) is 0.0164. The first kappa shape index (κ1) is 35.2. The average molecular weight is 815 g/mol. The molecular weight excluding hydrogens is 777 g/mol. The van der Waals surface area contributed by atoms with E-state index in [1.165, 1.54) is 71.9 Å². The minimum absolute atomic E-state index is 0.457. The van der Waals surface area contributed by atoms with Crippen molar-refractivity contribution >= 4 is 60.8 Å². The highest BCUT2D eigenvalue weighted by Crippen LogP contribution is 2.63. The third kappa shape index (κ3) is 4.76. The zero-order valence-electron chi connectivity index (χ0n) is 34.7. The van der Waals surface area contributed by atoms with Crippen molar-refractivity contribution in [2.75, 3.05) is 4.90 Å². The Morgan fingerprint density at radius 2 is 0.922 bits per heavy atom. The Balaban J connectivity index is 0.973. The fourth-order valence-electron chi connectivity index (χ4n) is 11.4. The number of aromatic nitrogens is 1. The molecule has 1 spiro atoms. The van der Waals surface area contributed by atoms with Gasteiger partial charge in [-0.1, -0.05) is 158 Å². The highest BCUT2D eigenvalue weighted by atomic mass is 16.3. The van der Waals surface area contributed by atoms with Gasteiger partial charge in [0.05, 0.1) is 27.5 Å². The first-order chi connectivity index (χ1) is 31.8. The van der Waals surface area contributed by atoms with Crippen molar-refractivity contribution in [2.45, 2.75) is 5.41 Å². The van der Waals surface area contributed by atoms with Gasteiger partial charge in [0, 0.05) is 33.2 Å². The summed E-state index contributed by atoms with van der Waals surface area (Å²) in [6, 6.07) is 84.5. The van der Waals surface area contributed by atoms with Crippen LogP contribution in [0.1, 0.15) is 22.3 Å². The lowest BCUT2D eigenvalue weighted by molar-refractivity contribution is 0.669. The Kier molecular flexibility index (Phi) is 7.32. The molecule has 0 atom stereocenters. The molecule has 2 aliphatic rings. The van der Waals surface area contributed by atoms with Gasteiger partial charge in [-0.15, -0.1) is 0 Å². The zero-order chi connectivity index (χ0) is 41.9. The molecule has 10 aromatic carbocycles. The van der Waals surface area contributed by atoms with Gasteiger partial charge in [-0.25, -0.2) is 0 Å². The molecule has 0 bridgehead atoms. The molecule has 3 nitrogen and oxygen atoms in total. The van der Waals surface area contributed by atoms with E-state index < -0.39 is 5.41 Å². The van der Waals surface area contributed by atoms with Gasteiger partial charge in [0.15, 0.2) is 0 Å². The Morgan fingerprint density at radius 3 is 1.66 bits per heavy atom. The van der Waals surface area contributed by atoms with Gasteiger partial charge in [-0.2, -0.15) is 0 Å². The van der Waals surface area contributed by atoms with E-state index in [0.717, 1.165) is 50.3 Å². The highest BCUT2D eigenvalue weighted by molar-refractivity contribution is 6.14. The first-order valence-electron chi connectivity index (χ1n) is 22.1. The molecule has 3 heteroatoms. The van der Waals surface area contributed by atoms with Crippen LogP contribution < -0.4 is 4.90 Å². The summed E-state index contributed by atoms with van der Waals surface area (Å²) in [6.07, 6.45) is 0. The van der Waals surface area contributed by atoms with Crippen molar-refractivity contribution in [2.24, 2.45) is 0 Å². The van der Waals surface area contributed by atoms with E-state index in [9.17, 15) is 0 Å². The molecule has 0 saturated carbocycles. The molecule has 298 valence electrons. The Bertz CT molecular complexity index is 3790. The number of fused-ring (bicyclic) bond motifs is 16. The van der Waals surface area contributed by atoms with Crippen LogP contribution in [0.3, 0.4) is 0 Å². The molecule has 14 rings (SSSR count). The molecule has 0 fully saturated rings. The lowest BCUT2D eigenvalue weighted by Crippen LogP contribution is -2.26. The number of benzene rings is 10. The Morgan fingerprint density at radius 1 is 0.359 bits per heavy atom. The summed E-state index contributed by atoms with van der Waals surface area (Å²) in [5, 5.41) is 4.68. The van der Waals surface area contributed by atoms with Gasteiger partial charge in [-0.05, 0) is 128 Å². The third-order valence-corrected chi connectivity index (χ3v) is 14.0. The molecule has 0 saturated heterocycles. The fourth-order valence-corrected chi connectivity index (χ4v) is 11.4. The summed E-state index contributed by atoms with van der Waals surface area (Å²) in [6.45, 7) is 0. The minimum Gasteiger partial charge on any atom is -0.456 e. The van der Waals surface area contributed by atoms with E-state index in [2.05, 4.69) is 234 Å². The third-order valence-electron chi connectivity index (χ3n) is 14.0. The van der Waals surface area contributed by atoms with Crippen molar-refractivity contribution in [3.63, 3.8) is 0 Å². The van der Waals surface area contributed by atoms with Crippen LogP contribution in [0.2, 0.25) is 0 Å². The van der Waals surface area contributed by atoms with Gasteiger partial charge in [0.2, 0.25) is 0 Å². The van der Waals surface area contributed by atoms with Crippen molar-refractivity contribution in [3.8, 4) is 39.1 Å². The van der Waals surface area contributed by atoms with E-state index in [-0.39, 0.29) is 0 Å². The molecular formula is C61H38N2O. The molecule has 64 heavy (non-hydrogen) atoms. The number of hydrogen-bond acceptors (Lipinski definition) is 2. The quantitative estimate of drug-likeness (QED) is 0.173. The summed E-state index contributed by atoms with van der Waals surface area (Å²) in [7, 11) is 0. The SMILES string of the molecule is c1ccc(-n2c3ccccc3c3cc(-c4ccc(N(c5ccc6c(c5)C5(c7ccccc7-c7ccccc75)c5ccccc5-6)c5cccc6oc7ccccc7c56)cc4)ccc32)cc1. The minimum atomic E-state index is -0.457. The van der Waals surface area contributed by atoms with Crippen molar-refractivity contribution in [1.29, 1.82) is 0 Å². The monoisotopic (exact) mass is 814 g/mol. The average Bonchev–Trinajstić information content (AvgIpc) is 4.08. The largest absolute Gasteiger partial charge is 0.456 e. The summed E-state index contributed by atoms with van der Waals surface area (Å²) >= 11 is 0. The van der Waals surface area contributed by atoms with Crippen LogP contribution in [0.5, 0.6) is 0 Å². The number of rotatable bonds is 5. The first-order valence-corrected chi connectivity index (χ1v) is 22.1.